The van der Waals surface area contributed by atoms with Gasteiger partial charge >= 0.3 is 0 Å². The lowest BCUT2D eigenvalue weighted by molar-refractivity contribution is 0.541. The molecule has 0 saturated heterocycles. The van der Waals surface area contributed by atoms with Gasteiger partial charge in [-0.3, -0.25) is 0 Å². The highest BCUT2D eigenvalue weighted by molar-refractivity contribution is 8.50. The molecule has 0 aliphatic heterocycles. The Labute approximate surface area is 171 Å². The van der Waals surface area contributed by atoms with Gasteiger partial charge in [0.2, 0.25) is 0 Å². The second-order valence-electron chi connectivity index (χ2n) is 11.1. The molecule has 1 saturated carbocycles. The van der Waals surface area contributed by atoms with E-state index in [2.05, 4.69) is 88.8 Å². The molecular formula is C19H46S2Si4. The van der Waals surface area contributed by atoms with Gasteiger partial charge in [0.15, 0.2) is 0 Å². The van der Waals surface area contributed by atoms with Crippen molar-refractivity contribution in [2.75, 3.05) is 11.5 Å². The first-order valence-corrected chi connectivity index (χ1v) is 28.8. The summed E-state index contributed by atoms with van der Waals surface area (Å²) >= 11 is 4.92. The first-order chi connectivity index (χ1) is 11.3. The van der Waals surface area contributed by atoms with E-state index >= 15 is 0 Å². The Bertz CT molecular complexity index is 371. The van der Waals surface area contributed by atoms with Crippen LogP contribution in [0.2, 0.25) is 58.9 Å². The summed E-state index contributed by atoms with van der Waals surface area (Å²) in [6, 6.07) is 0. The van der Waals surface area contributed by atoms with Crippen molar-refractivity contribution in [3.8, 4) is 0 Å². The standard InChI is InChI=1S/C19H46S2Si4/c1-11-18-14-12-15-19(18)20-16-13-17-21-25(22(2,3)4,23(5,6)7)24(8,9)10/h18-19H,11-17H2,1-10H3/t18-,19+/m1/s1. The second-order valence-corrected chi connectivity index (χ2v) is 58.8. The highest BCUT2D eigenvalue weighted by atomic mass is 32.4. The minimum Gasteiger partial charge on any atom is -0.194 e. The van der Waals surface area contributed by atoms with Crippen molar-refractivity contribution < 1.29 is 0 Å². The maximum atomic E-state index is 2.72. The minimum atomic E-state index is -1.18. The second kappa shape index (κ2) is 9.38. The minimum absolute atomic E-state index is 0.989. The topological polar surface area (TPSA) is 0 Å². The van der Waals surface area contributed by atoms with Crippen LogP contribution in [0.5, 0.6) is 0 Å². The van der Waals surface area contributed by atoms with Crippen molar-refractivity contribution in [3.05, 3.63) is 0 Å². The zero-order chi connectivity index (χ0) is 19.5. The van der Waals surface area contributed by atoms with Crippen LogP contribution in [0.4, 0.5) is 0 Å². The van der Waals surface area contributed by atoms with Gasteiger partial charge in [0.1, 0.15) is 0 Å². The Hall–Kier alpha value is 1.57. The lowest BCUT2D eigenvalue weighted by Crippen LogP contribution is -2.81. The number of hydrogen-bond donors (Lipinski definition) is 0. The van der Waals surface area contributed by atoms with Crippen molar-refractivity contribution in [2.24, 2.45) is 5.92 Å². The maximum absolute atomic E-state index is 2.72. The molecule has 0 nitrogen and oxygen atoms in total. The fourth-order valence-corrected chi connectivity index (χ4v) is 117. The summed E-state index contributed by atoms with van der Waals surface area (Å²) in [5, 5.41) is 0.989. The first kappa shape index (κ1) is 24.6. The van der Waals surface area contributed by atoms with Gasteiger partial charge in [-0.25, -0.2) is 0 Å². The molecule has 1 rings (SSSR count). The fourth-order valence-electron chi connectivity index (χ4n) is 6.23. The van der Waals surface area contributed by atoms with Gasteiger partial charge in [0.25, 0.3) is 0 Å². The quantitative estimate of drug-likeness (QED) is 0.248. The molecule has 0 heterocycles. The molecule has 1 aliphatic rings. The Morgan fingerprint density at radius 2 is 1.28 bits per heavy atom. The summed E-state index contributed by atoms with van der Waals surface area (Å²) in [6.45, 7) is 26.9. The van der Waals surface area contributed by atoms with Crippen LogP contribution in [-0.2, 0) is 0 Å². The van der Waals surface area contributed by atoms with Crippen LogP contribution in [0, 0.1) is 5.92 Å². The van der Waals surface area contributed by atoms with Crippen LogP contribution in [0.25, 0.3) is 0 Å². The van der Waals surface area contributed by atoms with Crippen LogP contribution < -0.4 is 0 Å². The van der Waals surface area contributed by atoms with Crippen LogP contribution in [0.15, 0.2) is 0 Å². The zero-order valence-electron chi connectivity index (χ0n) is 18.9. The third-order valence-corrected chi connectivity index (χ3v) is 96.9. The summed E-state index contributed by atoms with van der Waals surface area (Å²) in [5.41, 5.74) is 0. The van der Waals surface area contributed by atoms with Gasteiger partial charge in [0.05, 0.1) is 5.78 Å². The molecule has 0 N–H and O–H groups in total. The molecule has 0 aromatic carbocycles. The summed E-state index contributed by atoms with van der Waals surface area (Å²) in [7, 11) is -3.28. The molecule has 0 spiro atoms. The monoisotopic (exact) mass is 450 g/mol. The molecule has 25 heavy (non-hydrogen) atoms. The van der Waals surface area contributed by atoms with Crippen LogP contribution in [0.3, 0.4) is 0 Å². The van der Waals surface area contributed by atoms with E-state index in [9.17, 15) is 0 Å². The van der Waals surface area contributed by atoms with Crippen LogP contribution >= 0.6 is 23.0 Å². The summed E-state index contributed by atoms with van der Waals surface area (Å²) < 4.78 is 0. The molecule has 0 amide bonds. The number of rotatable bonds is 10. The van der Waals surface area contributed by atoms with E-state index in [4.69, 9.17) is 0 Å². The summed E-state index contributed by atoms with van der Waals surface area (Å²) in [4.78, 5) is 0. The van der Waals surface area contributed by atoms with E-state index < -0.39 is 28.6 Å². The predicted molar refractivity (Wildman–Crippen MR) is 137 cm³/mol. The predicted octanol–water partition coefficient (Wildman–Crippen LogP) is 7.62. The third kappa shape index (κ3) is 5.78. The Morgan fingerprint density at radius 1 is 0.760 bits per heavy atom. The molecule has 0 bridgehead atoms. The van der Waals surface area contributed by atoms with E-state index in [-0.39, 0.29) is 0 Å². The average molecular weight is 451 g/mol. The van der Waals surface area contributed by atoms with Gasteiger partial charge in [-0.1, -0.05) is 78.7 Å². The highest BCUT2D eigenvalue weighted by Crippen LogP contribution is 2.45. The van der Waals surface area contributed by atoms with Gasteiger partial charge in [-0.2, -0.15) is 23.0 Å². The molecule has 0 radical (unpaired) electrons. The SMILES string of the molecule is CC[C@@H]1CCC[C@@H]1SCCCS[Si]([Si](C)(C)C)([Si](C)(C)C)[Si](C)(C)C. The average Bonchev–Trinajstić information content (AvgIpc) is 2.85. The van der Waals surface area contributed by atoms with E-state index in [1.807, 2.05) is 0 Å². The number of hydrogen-bond acceptors (Lipinski definition) is 2. The maximum Gasteiger partial charge on any atom is 0.0946 e. The Balaban J connectivity index is 2.68. The van der Waals surface area contributed by atoms with Crippen molar-refractivity contribution in [1.82, 2.24) is 0 Å². The van der Waals surface area contributed by atoms with Crippen molar-refractivity contribution in [3.63, 3.8) is 0 Å². The van der Waals surface area contributed by atoms with Gasteiger partial charge < -0.3 is 0 Å². The molecule has 0 aromatic heterocycles. The molecule has 6 heteroatoms. The van der Waals surface area contributed by atoms with Gasteiger partial charge in [0, 0.05) is 28.0 Å². The molecule has 0 aromatic rings. The largest absolute Gasteiger partial charge is 0.194 e. The summed E-state index contributed by atoms with van der Waals surface area (Å²) in [6.07, 6.45) is 7.34. The Morgan fingerprint density at radius 3 is 1.72 bits per heavy atom. The lowest BCUT2D eigenvalue weighted by Gasteiger charge is -2.56. The molecule has 2 atom stereocenters. The van der Waals surface area contributed by atoms with E-state index in [0.29, 0.717) is 0 Å². The lowest BCUT2D eigenvalue weighted by atomic mass is 10.1. The molecular weight excluding hydrogens is 405 g/mol. The highest BCUT2D eigenvalue weighted by Gasteiger charge is 2.61. The molecule has 150 valence electrons. The fraction of sp³-hybridized carbons (Fsp3) is 1.00. The zero-order valence-corrected chi connectivity index (χ0v) is 24.6. The van der Waals surface area contributed by atoms with E-state index in [1.54, 1.807) is 0 Å². The molecule has 0 unspecified atom stereocenters. The van der Waals surface area contributed by atoms with Crippen LogP contribution in [-0.4, -0.2) is 45.3 Å². The normalized spacial score (nSPS) is 23.3. The number of thioether (sulfide) groups is 1. The molecule has 1 aliphatic carbocycles. The summed E-state index contributed by atoms with van der Waals surface area (Å²) in [5.74, 6) is 2.73. The Kier molecular flexibility index (Phi) is 9.23. The van der Waals surface area contributed by atoms with Crippen molar-refractivity contribution in [1.29, 1.82) is 0 Å². The van der Waals surface area contributed by atoms with E-state index in [0.717, 1.165) is 11.2 Å². The first-order valence-electron chi connectivity index (χ1n) is 10.5. The van der Waals surface area contributed by atoms with E-state index in [1.165, 1.54) is 43.6 Å². The van der Waals surface area contributed by atoms with Gasteiger partial charge in [-0.15, -0.1) is 0 Å². The van der Waals surface area contributed by atoms with Crippen molar-refractivity contribution >= 4 is 51.5 Å². The van der Waals surface area contributed by atoms with Crippen molar-refractivity contribution in [2.45, 2.75) is 103 Å². The van der Waals surface area contributed by atoms with Crippen LogP contribution in [0.1, 0.15) is 39.0 Å². The van der Waals surface area contributed by atoms with Gasteiger partial charge in [-0.05, 0) is 36.7 Å². The third-order valence-electron chi connectivity index (χ3n) is 6.22. The molecule has 1 fully saturated rings. The smallest absolute Gasteiger partial charge is 0.0946 e.